The lowest BCUT2D eigenvalue weighted by Crippen LogP contribution is -1.82. The van der Waals surface area contributed by atoms with Crippen LogP contribution in [0.2, 0.25) is 10.2 Å². The van der Waals surface area contributed by atoms with Crippen LogP contribution in [0.4, 0.5) is 0 Å². The van der Waals surface area contributed by atoms with Gasteiger partial charge in [-0.25, -0.2) is 4.98 Å². The predicted molar refractivity (Wildman–Crippen MR) is 53.5 cm³/mol. The number of aromatic nitrogens is 3. The summed E-state index contributed by atoms with van der Waals surface area (Å²) in [5.41, 5.74) is 0.552. The molecule has 0 amide bonds. The summed E-state index contributed by atoms with van der Waals surface area (Å²) in [5.74, 6) is 0.376. The maximum absolute atomic E-state index is 8.74. The molecule has 7 heteroatoms. The first kappa shape index (κ1) is 10.4. The van der Waals surface area contributed by atoms with Gasteiger partial charge < -0.3 is 9.52 Å². The van der Waals surface area contributed by atoms with Crippen LogP contribution in [0, 0.1) is 0 Å². The molecule has 0 fully saturated rings. The van der Waals surface area contributed by atoms with E-state index in [1.807, 2.05) is 0 Å². The molecule has 0 unspecified atom stereocenters. The number of halogens is 2. The quantitative estimate of drug-likeness (QED) is 0.819. The smallest absolute Gasteiger partial charge is 0.249 e. The molecule has 15 heavy (non-hydrogen) atoms. The van der Waals surface area contributed by atoms with Crippen LogP contribution >= 0.6 is 23.2 Å². The Morgan fingerprint density at radius 1 is 1.33 bits per heavy atom. The molecule has 2 rings (SSSR count). The lowest BCUT2D eigenvalue weighted by Gasteiger charge is -1.96. The first-order chi connectivity index (χ1) is 7.20. The van der Waals surface area contributed by atoms with Crippen molar-refractivity contribution in [2.24, 2.45) is 0 Å². The maximum Gasteiger partial charge on any atom is 0.249 e. The Kier molecular flexibility index (Phi) is 2.86. The van der Waals surface area contributed by atoms with Crippen molar-refractivity contribution in [3.63, 3.8) is 0 Å². The molecule has 0 saturated carbocycles. The van der Waals surface area contributed by atoms with Crippen molar-refractivity contribution in [1.29, 1.82) is 0 Å². The summed E-state index contributed by atoms with van der Waals surface area (Å²) < 4.78 is 5.10. The molecule has 5 nitrogen and oxygen atoms in total. The van der Waals surface area contributed by atoms with Gasteiger partial charge in [-0.05, 0) is 6.07 Å². The standard InChI is InChI=1S/C8H5Cl2N3O2/c9-5-1-4(2-11-7(5)10)8-13-12-6(3-14)15-8/h1-2,14H,3H2. The van der Waals surface area contributed by atoms with Crippen molar-refractivity contribution in [3.05, 3.63) is 28.3 Å². The molecule has 0 atom stereocenters. The van der Waals surface area contributed by atoms with E-state index in [4.69, 9.17) is 32.7 Å². The van der Waals surface area contributed by atoms with Gasteiger partial charge in [-0.3, -0.25) is 0 Å². The molecule has 78 valence electrons. The van der Waals surface area contributed by atoms with Gasteiger partial charge in [-0.15, -0.1) is 10.2 Å². The van der Waals surface area contributed by atoms with Crippen molar-refractivity contribution in [1.82, 2.24) is 15.2 Å². The summed E-state index contributed by atoms with van der Waals surface area (Å²) in [7, 11) is 0. The van der Waals surface area contributed by atoms with Gasteiger partial charge in [0.1, 0.15) is 11.8 Å². The Morgan fingerprint density at radius 2 is 2.13 bits per heavy atom. The monoisotopic (exact) mass is 245 g/mol. The van der Waals surface area contributed by atoms with Gasteiger partial charge in [-0.1, -0.05) is 23.2 Å². The third-order valence-corrected chi connectivity index (χ3v) is 2.33. The van der Waals surface area contributed by atoms with Gasteiger partial charge in [0.2, 0.25) is 11.8 Å². The van der Waals surface area contributed by atoms with Gasteiger partial charge in [-0.2, -0.15) is 0 Å². The average Bonchev–Trinajstić information content (AvgIpc) is 2.70. The van der Waals surface area contributed by atoms with Crippen molar-refractivity contribution in [3.8, 4) is 11.5 Å². The van der Waals surface area contributed by atoms with E-state index in [9.17, 15) is 0 Å². The minimum atomic E-state index is -0.304. The molecular formula is C8H5Cl2N3O2. The number of aliphatic hydroxyl groups excluding tert-OH is 1. The second-order valence-corrected chi connectivity index (χ2v) is 3.42. The third kappa shape index (κ3) is 2.09. The van der Waals surface area contributed by atoms with E-state index >= 15 is 0 Å². The summed E-state index contributed by atoms with van der Waals surface area (Å²) in [5, 5.41) is 16.6. The number of rotatable bonds is 2. The van der Waals surface area contributed by atoms with E-state index in [1.165, 1.54) is 6.20 Å². The summed E-state index contributed by atoms with van der Waals surface area (Å²) in [6.45, 7) is -0.304. The highest BCUT2D eigenvalue weighted by Gasteiger charge is 2.10. The van der Waals surface area contributed by atoms with Crippen LogP contribution in [0.15, 0.2) is 16.7 Å². The lowest BCUT2D eigenvalue weighted by atomic mass is 10.3. The predicted octanol–water partition coefficient (Wildman–Crippen LogP) is 1.93. The zero-order valence-electron chi connectivity index (χ0n) is 7.31. The van der Waals surface area contributed by atoms with E-state index in [-0.39, 0.29) is 23.5 Å². The van der Waals surface area contributed by atoms with Crippen LogP contribution in [0.1, 0.15) is 5.89 Å². The van der Waals surface area contributed by atoms with E-state index in [0.29, 0.717) is 10.6 Å². The number of hydrogen-bond acceptors (Lipinski definition) is 5. The zero-order valence-corrected chi connectivity index (χ0v) is 8.83. The molecule has 0 aliphatic rings. The molecule has 0 radical (unpaired) electrons. The molecule has 2 aromatic rings. The van der Waals surface area contributed by atoms with Gasteiger partial charge in [0.25, 0.3) is 0 Å². The summed E-state index contributed by atoms with van der Waals surface area (Å²) in [4.78, 5) is 3.83. The highest BCUT2D eigenvalue weighted by atomic mass is 35.5. The molecule has 0 aliphatic carbocycles. The molecule has 0 bridgehead atoms. The molecule has 2 heterocycles. The Morgan fingerprint density at radius 3 is 2.73 bits per heavy atom. The number of pyridine rings is 1. The fraction of sp³-hybridized carbons (Fsp3) is 0.125. The zero-order chi connectivity index (χ0) is 10.8. The average molecular weight is 246 g/mol. The Hall–Kier alpha value is -1.17. The van der Waals surface area contributed by atoms with Gasteiger partial charge >= 0.3 is 0 Å². The van der Waals surface area contributed by atoms with E-state index in [1.54, 1.807) is 6.07 Å². The second kappa shape index (κ2) is 4.14. The largest absolute Gasteiger partial charge is 0.418 e. The van der Waals surface area contributed by atoms with Crippen LogP contribution in [0.5, 0.6) is 0 Å². The van der Waals surface area contributed by atoms with Crippen molar-refractivity contribution in [2.75, 3.05) is 0 Å². The summed E-state index contributed by atoms with van der Waals surface area (Å²) >= 11 is 11.4. The SMILES string of the molecule is OCc1nnc(-c2cnc(Cl)c(Cl)c2)o1. The minimum absolute atomic E-state index is 0.135. The topological polar surface area (TPSA) is 72.0 Å². The third-order valence-electron chi connectivity index (χ3n) is 1.65. The fourth-order valence-corrected chi connectivity index (χ4v) is 1.24. The maximum atomic E-state index is 8.74. The molecule has 0 saturated heterocycles. The first-order valence-electron chi connectivity index (χ1n) is 3.95. The molecule has 0 aromatic carbocycles. The van der Waals surface area contributed by atoms with Gasteiger partial charge in [0, 0.05) is 6.20 Å². The van der Waals surface area contributed by atoms with E-state index < -0.39 is 0 Å². The van der Waals surface area contributed by atoms with Crippen LogP contribution in [-0.4, -0.2) is 20.3 Å². The van der Waals surface area contributed by atoms with Gasteiger partial charge in [0.15, 0.2) is 0 Å². The second-order valence-electron chi connectivity index (χ2n) is 2.66. The Balaban J connectivity index is 2.40. The molecule has 0 aliphatic heterocycles. The molecule has 1 N–H and O–H groups in total. The van der Waals surface area contributed by atoms with Crippen molar-refractivity contribution >= 4 is 23.2 Å². The van der Waals surface area contributed by atoms with Crippen molar-refractivity contribution < 1.29 is 9.52 Å². The van der Waals surface area contributed by atoms with Crippen LogP contribution in [-0.2, 0) is 6.61 Å². The number of aliphatic hydroxyl groups is 1. The van der Waals surface area contributed by atoms with E-state index in [2.05, 4.69) is 15.2 Å². The molecule has 2 aromatic heterocycles. The van der Waals surface area contributed by atoms with Crippen LogP contribution in [0.3, 0.4) is 0 Å². The summed E-state index contributed by atoms with van der Waals surface area (Å²) in [6.07, 6.45) is 1.46. The Labute approximate surface area is 94.7 Å². The highest BCUT2D eigenvalue weighted by Crippen LogP contribution is 2.25. The number of hydrogen-bond donors (Lipinski definition) is 1. The molecular weight excluding hydrogens is 241 g/mol. The highest BCUT2D eigenvalue weighted by molar-refractivity contribution is 6.41. The minimum Gasteiger partial charge on any atom is -0.418 e. The van der Waals surface area contributed by atoms with Gasteiger partial charge in [0.05, 0.1) is 10.6 Å². The Bertz CT molecular complexity index is 486. The lowest BCUT2D eigenvalue weighted by molar-refractivity contribution is 0.241. The normalized spacial score (nSPS) is 10.6. The van der Waals surface area contributed by atoms with E-state index in [0.717, 1.165) is 0 Å². The summed E-state index contributed by atoms with van der Waals surface area (Å²) in [6, 6.07) is 1.56. The fourth-order valence-electron chi connectivity index (χ4n) is 0.972. The van der Waals surface area contributed by atoms with Crippen LogP contribution in [0.25, 0.3) is 11.5 Å². The number of nitrogens with zero attached hydrogens (tertiary/aromatic N) is 3. The van der Waals surface area contributed by atoms with Crippen LogP contribution < -0.4 is 0 Å². The van der Waals surface area contributed by atoms with Crippen molar-refractivity contribution in [2.45, 2.75) is 6.61 Å². The molecule has 0 spiro atoms. The first-order valence-corrected chi connectivity index (χ1v) is 4.71.